The minimum atomic E-state index is 0.325. The second-order valence-electron chi connectivity index (χ2n) is 7.67. The first-order chi connectivity index (χ1) is 14.8. The summed E-state index contributed by atoms with van der Waals surface area (Å²) >= 11 is 0. The molecule has 4 aromatic rings. The van der Waals surface area contributed by atoms with Crippen molar-refractivity contribution >= 4 is 5.65 Å². The molecule has 0 aromatic carbocycles. The van der Waals surface area contributed by atoms with E-state index in [1.807, 2.05) is 35.0 Å². The third-order valence-corrected chi connectivity index (χ3v) is 5.67. The van der Waals surface area contributed by atoms with E-state index in [0.29, 0.717) is 11.8 Å². The SMILES string of the molecule is COc1ncccc1CN1CCC[C@@H](c2nc3ccc(-c4ccncc4)cn3n2)C1. The Bertz CT molecular complexity index is 1140. The van der Waals surface area contributed by atoms with E-state index < -0.39 is 0 Å². The van der Waals surface area contributed by atoms with E-state index in [4.69, 9.17) is 14.8 Å². The van der Waals surface area contributed by atoms with Gasteiger partial charge in [-0.2, -0.15) is 5.10 Å². The molecule has 1 aliphatic heterocycles. The van der Waals surface area contributed by atoms with E-state index in [0.717, 1.165) is 60.6 Å². The minimum absolute atomic E-state index is 0.325. The van der Waals surface area contributed by atoms with Gasteiger partial charge in [0.25, 0.3) is 0 Å². The molecule has 0 radical (unpaired) electrons. The Morgan fingerprint density at radius 1 is 1.07 bits per heavy atom. The molecule has 1 saturated heterocycles. The van der Waals surface area contributed by atoms with Gasteiger partial charge in [-0.3, -0.25) is 9.88 Å². The van der Waals surface area contributed by atoms with Crippen LogP contribution in [0.1, 0.15) is 30.1 Å². The summed E-state index contributed by atoms with van der Waals surface area (Å²) in [5.74, 6) is 1.95. The van der Waals surface area contributed by atoms with E-state index in [9.17, 15) is 0 Å². The maximum atomic E-state index is 5.42. The predicted octanol–water partition coefficient (Wildman–Crippen LogP) is 3.57. The third kappa shape index (κ3) is 3.76. The first kappa shape index (κ1) is 18.7. The minimum Gasteiger partial charge on any atom is -0.481 e. The van der Waals surface area contributed by atoms with Crippen molar-refractivity contribution in [3.63, 3.8) is 0 Å². The Kier molecular flexibility index (Phi) is 5.11. The quantitative estimate of drug-likeness (QED) is 0.510. The van der Waals surface area contributed by atoms with Gasteiger partial charge in [0.05, 0.1) is 7.11 Å². The third-order valence-electron chi connectivity index (χ3n) is 5.67. The highest BCUT2D eigenvalue weighted by atomic mass is 16.5. The summed E-state index contributed by atoms with van der Waals surface area (Å²) < 4.78 is 7.31. The van der Waals surface area contributed by atoms with E-state index in [1.54, 1.807) is 25.7 Å². The van der Waals surface area contributed by atoms with E-state index in [1.165, 1.54) is 0 Å². The van der Waals surface area contributed by atoms with E-state index in [2.05, 4.69) is 27.0 Å². The van der Waals surface area contributed by atoms with Crippen LogP contribution in [0.4, 0.5) is 0 Å². The van der Waals surface area contributed by atoms with Crippen LogP contribution >= 0.6 is 0 Å². The molecule has 0 spiro atoms. The van der Waals surface area contributed by atoms with Crippen LogP contribution in [-0.4, -0.2) is 49.7 Å². The molecular weight excluding hydrogens is 376 g/mol. The van der Waals surface area contributed by atoms with Crippen LogP contribution in [-0.2, 0) is 6.54 Å². The molecule has 0 saturated carbocycles. The zero-order valence-corrected chi connectivity index (χ0v) is 17.0. The van der Waals surface area contributed by atoms with Crippen LogP contribution in [0.3, 0.4) is 0 Å². The van der Waals surface area contributed by atoms with Crippen molar-refractivity contribution in [3.05, 3.63) is 72.6 Å². The van der Waals surface area contributed by atoms with Crippen LogP contribution in [0.5, 0.6) is 5.88 Å². The lowest BCUT2D eigenvalue weighted by Gasteiger charge is -2.31. The summed E-state index contributed by atoms with van der Waals surface area (Å²) in [6.45, 7) is 2.83. The Balaban J connectivity index is 1.36. The number of nitrogens with zero attached hydrogens (tertiary/aromatic N) is 6. The van der Waals surface area contributed by atoms with Gasteiger partial charge in [0.2, 0.25) is 5.88 Å². The highest BCUT2D eigenvalue weighted by molar-refractivity contribution is 5.63. The number of rotatable bonds is 5. The molecule has 0 unspecified atom stereocenters. The predicted molar refractivity (Wildman–Crippen MR) is 114 cm³/mol. The largest absolute Gasteiger partial charge is 0.481 e. The average Bonchev–Trinajstić information content (AvgIpc) is 3.24. The van der Waals surface area contributed by atoms with Crippen molar-refractivity contribution in [2.45, 2.75) is 25.3 Å². The first-order valence-electron chi connectivity index (χ1n) is 10.3. The molecule has 4 aromatic heterocycles. The Labute approximate surface area is 175 Å². The van der Waals surface area contributed by atoms with Crippen molar-refractivity contribution in [2.75, 3.05) is 20.2 Å². The standard InChI is InChI=1S/C23H24N6O/c1-30-23-20(4-2-10-25-23)15-28-13-3-5-19(14-28)22-26-21-7-6-18(16-29(21)27-22)17-8-11-24-12-9-17/h2,4,6-12,16,19H,3,5,13-15H2,1H3/t19-/m1/s1. The number of hydrogen-bond acceptors (Lipinski definition) is 6. The van der Waals surface area contributed by atoms with Gasteiger partial charge in [0, 0.05) is 54.9 Å². The normalized spacial score (nSPS) is 17.3. The zero-order valence-electron chi connectivity index (χ0n) is 17.0. The first-order valence-corrected chi connectivity index (χ1v) is 10.3. The molecule has 5 heterocycles. The molecule has 0 bridgehead atoms. The Morgan fingerprint density at radius 3 is 2.83 bits per heavy atom. The fourth-order valence-corrected chi connectivity index (χ4v) is 4.17. The summed E-state index contributed by atoms with van der Waals surface area (Å²) in [5.41, 5.74) is 4.23. The fourth-order valence-electron chi connectivity index (χ4n) is 4.17. The molecule has 1 aliphatic rings. The molecule has 30 heavy (non-hydrogen) atoms. The van der Waals surface area contributed by atoms with Gasteiger partial charge >= 0.3 is 0 Å². The molecule has 1 atom stereocenters. The van der Waals surface area contributed by atoms with Crippen LogP contribution in [0.15, 0.2) is 61.2 Å². The van der Waals surface area contributed by atoms with Crippen LogP contribution in [0.25, 0.3) is 16.8 Å². The molecule has 1 fully saturated rings. The topological polar surface area (TPSA) is 68.4 Å². The van der Waals surface area contributed by atoms with Gasteiger partial charge in [0.1, 0.15) is 0 Å². The summed E-state index contributed by atoms with van der Waals surface area (Å²) in [6, 6.07) is 12.2. The number of pyridine rings is 3. The monoisotopic (exact) mass is 400 g/mol. The number of ether oxygens (including phenoxy) is 1. The molecule has 7 heteroatoms. The lowest BCUT2D eigenvalue weighted by Crippen LogP contribution is -2.34. The van der Waals surface area contributed by atoms with Gasteiger partial charge in [-0.15, -0.1) is 0 Å². The van der Waals surface area contributed by atoms with Gasteiger partial charge < -0.3 is 4.74 Å². The van der Waals surface area contributed by atoms with Crippen molar-refractivity contribution in [2.24, 2.45) is 0 Å². The van der Waals surface area contributed by atoms with Crippen molar-refractivity contribution in [1.82, 2.24) is 29.5 Å². The smallest absolute Gasteiger partial charge is 0.217 e. The van der Waals surface area contributed by atoms with Gasteiger partial charge in [0.15, 0.2) is 11.5 Å². The average molecular weight is 400 g/mol. The number of piperidine rings is 1. The molecule has 152 valence electrons. The Morgan fingerprint density at radius 2 is 1.97 bits per heavy atom. The van der Waals surface area contributed by atoms with E-state index in [-0.39, 0.29) is 0 Å². The summed E-state index contributed by atoms with van der Waals surface area (Å²) in [5, 5.41) is 4.82. The van der Waals surface area contributed by atoms with Crippen LogP contribution in [0.2, 0.25) is 0 Å². The number of hydrogen-bond donors (Lipinski definition) is 0. The second-order valence-corrected chi connectivity index (χ2v) is 7.67. The number of aromatic nitrogens is 5. The van der Waals surface area contributed by atoms with Gasteiger partial charge in [-0.05, 0) is 55.3 Å². The van der Waals surface area contributed by atoms with Crippen molar-refractivity contribution < 1.29 is 4.74 Å². The zero-order chi connectivity index (χ0) is 20.3. The van der Waals surface area contributed by atoms with Crippen molar-refractivity contribution in [3.8, 4) is 17.0 Å². The number of likely N-dealkylation sites (tertiary alicyclic amines) is 1. The fraction of sp³-hybridized carbons (Fsp3) is 0.304. The molecule has 0 amide bonds. The van der Waals surface area contributed by atoms with Crippen LogP contribution < -0.4 is 4.74 Å². The van der Waals surface area contributed by atoms with E-state index >= 15 is 0 Å². The van der Waals surface area contributed by atoms with Gasteiger partial charge in [-0.1, -0.05) is 6.07 Å². The van der Waals surface area contributed by atoms with Crippen molar-refractivity contribution in [1.29, 1.82) is 0 Å². The maximum absolute atomic E-state index is 5.42. The number of fused-ring (bicyclic) bond motifs is 1. The summed E-state index contributed by atoms with van der Waals surface area (Å²) in [6.07, 6.45) is 9.66. The second kappa shape index (κ2) is 8.20. The maximum Gasteiger partial charge on any atom is 0.217 e. The molecular formula is C23H24N6O. The lowest BCUT2D eigenvalue weighted by molar-refractivity contribution is 0.194. The highest BCUT2D eigenvalue weighted by Crippen LogP contribution is 2.28. The summed E-state index contributed by atoms with van der Waals surface area (Å²) in [4.78, 5) is 15.7. The molecule has 0 aliphatic carbocycles. The summed E-state index contributed by atoms with van der Waals surface area (Å²) in [7, 11) is 1.67. The van der Waals surface area contributed by atoms with Crippen LogP contribution in [0, 0.1) is 0 Å². The molecule has 0 N–H and O–H groups in total. The molecule has 5 rings (SSSR count). The highest BCUT2D eigenvalue weighted by Gasteiger charge is 2.25. The number of methoxy groups -OCH3 is 1. The lowest BCUT2D eigenvalue weighted by atomic mass is 9.97. The molecule has 7 nitrogen and oxygen atoms in total. The Hall–Kier alpha value is -3.32. The van der Waals surface area contributed by atoms with Gasteiger partial charge in [-0.25, -0.2) is 14.5 Å².